The summed E-state index contributed by atoms with van der Waals surface area (Å²) in [5.74, 6) is 0.204. The van der Waals surface area contributed by atoms with Crippen LogP contribution in [0.5, 0.6) is 0 Å². The summed E-state index contributed by atoms with van der Waals surface area (Å²) in [6, 6.07) is 5.35. The minimum Gasteiger partial charge on any atom is -0.456 e. The fourth-order valence-corrected chi connectivity index (χ4v) is 4.19. The molecule has 0 aromatic heterocycles. The van der Waals surface area contributed by atoms with Gasteiger partial charge in [0, 0.05) is 19.2 Å². The van der Waals surface area contributed by atoms with Crippen molar-refractivity contribution in [3.63, 3.8) is 0 Å². The molecule has 2 aliphatic carbocycles. The second-order valence-corrected chi connectivity index (χ2v) is 7.60. The molecule has 1 N–H and O–H groups in total. The van der Waals surface area contributed by atoms with Crippen LogP contribution in [0.25, 0.3) is 0 Å². The van der Waals surface area contributed by atoms with E-state index in [9.17, 15) is 18.8 Å². The van der Waals surface area contributed by atoms with E-state index in [1.54, 1.807) is 0 Å². The fraction of sp³-hybridized carbons (Fsp3) is 0.550. The predicted octanol–water partition coefficient (Wildman–Crippen LogP) is 2.59. The Hall–Kier alpha value is -2.44. The van der Waals surface area contributed by atoms with Gasteiger partial charge in [0.15, 0.2) is 6.61 Å². The van der Waals surface area contributed by atoms with Gasteiger partial charge in [0.05, 0.1) is 6.54 Å². The Morgan fingerprint density at radius 2 is 1.93 bits per heavy atom. The van der Waals surface area contributed by atoms with Gasteiger partial charge >= 0.3 is 5.97 Å². The van der Waals surface area contributed by atoms with E-state index in [0.717, 1.165) is 12.3 Å². The topological polar surface area (TPSA) is 75.7 Å². The van der Waals surface area contributed by atoms with E-state index >= 15 is 0 Å². The Bertz CT molecular complexity index is 706. The van der Waals surface area contributed by atoms with E-state index in [4.69, 9.17) is 4.74 Å². The number of nitrogens with zero attached hydrogens (tertiary/aromatic N) is 1. The molecule has 0 unspecified atom stereocenters. The van der Waals surface area contributed by atoms with E-state index in [0.29, 0.717) is 23.9 Å². The zero-order chi connectivity index (χ0) is 19.4. The summed E-state index contributed by atoms with van der Waals surface area (Å²) in [4.78, 5) is 37.2. The average molecular weight is 376 g/mol. The Balaban J connectivity index is 1.36. The lowest BCUT2D eigenvalue weighted by atomic mass is 9.86. The number of nitrogens with one attached hydrogen (secondary N) is 1. The van der Waals surface area contributed by atoms with Crippen LogP contribution in [0.2, 0.25) is 0 Å². The second-order valence-electron chi connectivity index (χ2n) is 7.60. The smallest absolute Gasteiger partial charge is 0.306 e. The Morgan fingerprint density at radius 3 is 2.56 bits per heavy atom. The molecule has 2 saturated carbocycles. The van der Waals surface area contributed by atoms with E-state index in [1.807, 2.05) is 0 Å². The maximum absolute atomic E-state index is 12.9. The number of carbonyl (C=O) groups excluding carboxylic acids is 3. The molecule has 6 nitrogen and oxygen atoms in total. The number of halogens is 1. The third-order valence-electron chi connectivity index (χ3n) is 5.60. The highest BCUT2D eigenvalue weighted by atomic mass is 19.1. The van der Waals surface area contributed by atoms with Gasteiger partial charge in [-0.25, -0.2) is 4.39 Å². The summed E-state index contributed by atoms with van der Waals surface area (Å²) in [7, 11) is 1.47. The lowest BCUT2D eigenvalue weighted by Gasteiger charge is -2.21. The van der Waals surface area contributed by atoms with Crippen LogP contribution in [-0.2, 0) is 19.1 Å². The molecule has 1 aromatic carbocycles. The highest BCUT2D eigenvalue weighted by Gasteiger charge is 2.40. The van der Waals surface area contributed by atoms with Gasteiger partial charge in [-0.05, 0) is 61.3 Å². The maximum Gasteiger partial charge on any atom is 0.306 e. The van der Waals surface area contributed by atoms with Crippen LogP contribution in [0.1, 0.15) is 32.1 Å². The zero-order valence-electron chi connectivity index (χ0n) is 15.4. The highest BCUT2D eigenvalue weighted by Crippen LogP contribution is 2.49. The number of anilines is 1. The number of hydrogen-bond acceptors (Lipinski definition) is 4. The molecule has 2 aliphatic rings. The third kappa shape index (κ3) is 5.28. The van der Waals surface area contributed by atoms with Crippen LogP contribution in [0, 0.1) is 23.6 Å². The highest BCUT2D eigenvalue weighted by molar-refractivity contribution is 5.94. The van der Waals surface area contributed by atoms with Gasteiger partial charge in [-0.3, -0.25) is 14.4 Å². The Morgan fingerprint density at radius 1 is 1.19 bits per heavy atom. The molecule has 2 fully saturated rings. The van der Waals surface area contributed by atoms with Crippen molar-refractivity contribution in [1.29, 1.82) is 0 Å². The zero-order valence-corrected chi connectivity index (χ0v) is 15.4. The van der Waals surface area contributed by atoms with Gasteiger partial charge in [-0.15, -0.1) is 0 Å². The first-order chi connectivity index (χ1) is 12.9. The largest absolute Gasteiger partial charge is 0.456 e. The molecule has 146 valence electrons. The van der Waals surface area contributed by atoms with Crippen LogP contribution in [-0.4, -0.2) is 42.9 Å². The second kappa shape index (κ2) is 8.50. The van der Waals surface area contributed by atoms with Crippen molar-refractivity contribution in [2.24, 2.45) is 17.8 Å². The lowest BCUT2D eigenvalue weighted by Crippen LogP contribution is -2.37. The molecular weight excluding hydrogens is 351 g/mol. The number of carbonyl (C=O) groups is 3. The van der Waals surface area contributed by atoms with Gasteiger partial charge in [-0.2, -0.15) is 0 Å². The molecule has 27 heavy (non-hydrogen) atoms. The van der Waals surface area contributed by atoms with Crippen LogP contribution in [0.15, 0.2) is 24.3 Å². The maximum atomic E-state index is 12.9. The van der Waals surface area contributed by atoms with Crippen molar-refractivity contribution in [3.05, 3.63) is 30.1 Å². The molecule has 7 heteroatoms. The first-order valence-corrected chi connectivity index (χ1v) is 9.35. The van der Waals surface area contributed by atoms with Crippen molar-refractivity contribution < 1.29 is 23.5 Å². The van der Waals surface area contributed by atoms with E-state index in [-0.39, 0.29) is 19.1 Å². The minimum absolute atomic E-state index is 0.180. The van der Waals surface area contributed by atoms with Crippen molar-refractivity contribution in [2.45, 2.75) is 32.1 Å². The van der Waals surface area contributed by atoms with Crippen molar-refractivity contribution in [3.8, 4) is 0 Å². The van der Waals surface area contributed by atoms with Crippen molar-refractivity contribution in [1.82, 2.24) is 4.90 Å². The van der Waals surface area contributed by atoms with Crippen molar-refractivity contribution in [2.75, 3.05) is 25.5 Å². The van der Waals surface area contributed by atoms with E-state index in [1.165, 1.54) is 55.5 Å². The number of amides is 2. The minimum atomic E-state index is -0.439. The molecule has 0 radical (unpaired) electrons. The molecule has 0 spiro atoms. The van der Waals surface area contributed by atoms with Gasteiger partial charge in [-0.1, -0.05) is 6.42 Å². The van der Waals surface area contributed by atoms with Crippen LogP contribution in [0.4, 0.5) is 10.1 Å². The number of likely N-dealkylation sites (N-methyl/N-ethyl adjacent to an activating group) is 1. The normalized spacial score (nSPS) is 23.1. The number of benzene rings is 1. The molecular formula is C20H25FN2O4. The predicted molar refractivity (Wildman–Crippen MR) is 97.2 cm³/mol. The van der Waals surface area contributed by atoms with Crippen molar-refractivity contribution >= 4 is 23.5 Å². The summed E-state index contributed by atoms with van der Waals surface area (Å²) < 4.78 is 18.0. The molecule has 0 aliphatic heterocycles. The lowest BCUT2D eigenvalue weighted by molar-refractivity contribution is -0.152. The quantitative estimate of drug-likeness (QED) is 0.742. The van der Waals surface area contributed by atoms with Gasteiger partial charge in [0.2, 0.25) is 5.91 Å². The first-order valence-electron chi connectivity index (χ1n) is 9.35. The van der Waals surface area contributed by atoms with Crippen LogP contribution >= 0.6 is 0 Å². The molecule has 1 aromatic rings. The Labute approximate surface area is 158 Å². The standard InChI is InChI=1S/C20H25FN2O4/c1-23(11-18(24)22-17-6-4-16(21)5-7-17)19(25)12-27-20(26)10-15-9-13-2-3-14(15)8-13/h4-7,13-15H,2-3,8-12H2,1H3,(H,22,24)/t13-,14-,15-/m1/s1. The molecule has 0 saturated heterocycles. The Kier molecular flexibility index (Phi) is 6.08. The molecule has 2 bridgehead atoms. The summed E-state index contributed by atoms with van der Waals surface area (Å²) in [6.45, 7) is -0.542. The fourth-order valence-electron chi connectivity index (χ4n) is 4.19. The van der Waals surface area contributed by atoms with Gasteiger partial charge in [0.1, 0.15) is 5.82 Å². The summed E-state index contributed by atoms with van der Waals surface area (Å²) in [5, 5.41) is 2.58. The van der Waals surface area contributed by atoms with Gasteiger partial charge in [0.25, 0.3) is 5.91 Å². The number of hydrogen-bond donors (Lipinski definition) is 1. The van der Waals surface area contributed by atoms with Crippen LogP contribution in [0.3, 0.4) is 0 Å². The molecule has 2 amide bonds. The van der Waals surface area contributed by atoms with E-state index < -0.39 is 17.6 Å². The number of fused-ring (bicyclic) bond motifs is 2. The van der Waals surface area contributed by atoms with Crippen LogP contribution < -0.4 is 5.32 Å². The summed E-state index contributed by atoms with van der Waals surface area (Å²) in [6.07, 6.45) is 5.18. The molecule has 0 heterocycles. The first kappa shape index (κ1) is 19.3. The summed E-state index contributed by atoms with van der Waals surface area (Å²) in [5.41, 5.74) is 0.444. The number of rotatable bonds is 7. The van der Waals surface area contributed by atoms with Gasteiger partial charge < -0.3 is 15.0 Å². The third-order valence-corrected chi connectivity index (χ3v) is 5.60. The number of ether oxygens (including phenoxy) is 1. The van der Waals surface area contributed by atoms with E-state index in [2.05, 4.69) is 5.32 Å². The average Bonchev–Trinajstić information content (AvgIpc) is 3.24. The SMILES string of the molecule is CN(CC(=O)Nc1ccc(F)cc1)C(=O)COC(=O)C[C@H]1C[C@@H]2CC[C@@H]1C2. The molecule has 3 atom stereocenters. The monoisotopic (exact) mass is 376 g/mol. The molecule has 3 rings (SSSR count). The summed E-state index contributed by atoms with van der Waals surface area (Å²) >= 11 is 0. The number of esters is 1.